The second-order valence-electron chi connectivity index (χ2n) is 5.03. The molecule has 1 heterocycles. The maximum atomic E-state index is 11.0. The molecule has 0 aliphatic carbocycles. The lowest BCUT2D eigenvalue weighted by molar-refractivity contribution is 0.108. The Morgan fingerprint density at radius 1 is 1.08 bits per heavy atom. The predicted octanol–water partition coefficient (Wildman–Crippen LogP) is 4.68. The van der Waals surface area contributed by atoms with Gasteiger partial charge in [-0.05, 0) is 54.9 Å². The first-order valence-electron chi connectivity index (χ1n) is 7.12. The molecule has 6 nitrogen and oxygen atoms in total. The van der Waals surface area contributed by atoms with Gasteiger partial charge in [0.25, 0.3) is 5.24 Å². The summed E-state index contributed by atoms with van der Waals surface area (Å²) in [7, 11) is 0. The lowest BCUT2D eigenvalue weighted by Gasteiger charge is -2.01. The minimum atomic E-state index is -0.531. The van der Waals surface area contributed by atoms with Crippen molar-refractivity contribution >= 4 is 28.2 Å². The number of halogens is 1. The Kier molecular flexibility index (Phi) is 4.39. The molecule has 24 heavy (non-hydrogen) atoms. The molecule has 7 heteroatoms. The summed E-state index contributed by atoms with van der Waals surface area (Å²) in [5, 5.41) is 22.2. The molecule has 3 aromatic rings. The Balaban J connectivity index is 1.90. The van der Waals surface area contributed by atoms with E-state index in [2.05, 4.69) is 15.3 Å². The second-order valence-corrected chi connectivity index (χ2v) is 5.37. The third-order valence-electron chi connectivity index (χ3n) is 3.37. The zero-order valence-electron chi connectivity index (χ0n) is 12.7. The summed E-state index contributed by atoms with van der Waals surface area (Å²) in [6.45, 7) is 1.74. The molecule has 1 aromatic heterocycles. The van der Waals surface area contributed by atoms with Gasteiger partial charge in [-0.1, -0.05) is 18.2 Å². The Hall–Kier alpha value is -2.99. The molecular formula is C17H13ClN4O2. The summed E-state index contributed by atoms with van der Waals surface area (Å²) in [5.74, 6) is -0.0880. The van der Waals surface area contributed by atoms with E-state index in [0.29, 0.717) is 16.9 Å². The topological polar surface area (TPSA) is 79.8 Å². The van der Waals surface area contributed by atoms with Crippen LogP contribution in [0.25, 0.3) is 5.69 Å². The molecule has 0 spiro atoms. The average Bonchev–Trinajstić information content (AvgIpc) is 2.88. The number of nitrogens with zero attached hydrogens (tertiary/aromatic N) is 4. The fraction of sp³-hybridized carbons (Fsp3) is 0.0588. The van der Waals surface area contributed by atoms with Crippen LogP contribution in [0, 0.1) is 6.92 Å². The largest absolute Gasteiger partial charge is 0.492 e. The lowest BCUT2D eigenvalue weighted by Crippen LogP contribution is -1.94. The van der Waals surface area contributed by atoms with E-state index in [0.717, 1.165) is 5.69 Å². The van der Waals surface area contributed by atoms with E-state index in [9.17, 15) is 9.90 Å². The van der Waals surface area contributed by atoms with Crippen molar-refractivity contribution < 1.29 is 9.90 Å². The molecule has 0 radical (unpaired) electrons. The highest BCUT2D eigenvalue weighted by Crippen LogP contribution is 2.33. The fourth-order valence-corrected chi connectivity index (χ4v) is 2.27. The number of carbonyl (C=O) groups excluding carboxylic acids is 1. The molecule has 0 saturated carbocycles. The molecule has 2 aromatic carbocycles. The smallest absolute Gasteiger partial charge is 0.252 e. The highest BCUT2D eigenvalue weighted by Gasteiger charge is 2.15. The van der Waals surface area contributed by atoms with Crippen LogP contribution >= 0.6 is 11.6 Å². The summed E-state index contributed by atoms with van der Waals surface area (Å²) in [6, 6.07) is 15.6. The number of hydrogen-bond donors (Lipinski definition) is 1. The van der Waals surface area contributed by atoms with Crippen molar-refractivity contribution in [2.45, 2.75) is 6.92 Å². The van der Waals surface area contributed by atoms with E-state index in [1.54, 1.807) is 31.2 Å². The Bertz CT molecular complexity index is 902. The van der Waals surface area contributed by atoms with Crippen LogP contribution in [0.1, 0.15) is 16.1 Å². The van der Waals surface area contributed by atoms with Crippen LogP contribution in [0.3, 0.4) is 0 Å². The summed E-state index contributed by atoms with van der Waals surface area (Å²) >= 11 is 5.39. The molecule has 0 fully saturated rings. The maximum absolute atomic E-state index is 11.0. The van der Waals surface area contributed by atoms with Crippen molar-refractivity contribution in [3.63, 3.8) is 0 Å². The third kappa shape index (κ3) is 3.18. The highest BCUT2D eigenvalue weighted by molar-refractivity contribution is 6.67. The number of para-hydroxylation sites is 1. The van der Waals surface area contributed by atoms with Crippen molar-refractivity contribution in [2.75, 3.05) is 0 Å². The number of aryl methyl sites for hydroxylation is 1. The van der Waals surface area contributed by atoms with E-state index in [4.69, 9.17) is 11.6 Å². The standard InChI is InChI=1S/C17H13ClN4O2/c1-11-15(17(24)22(21-11)14-5-3-2-4-6-14)20-19-13-9-7-12(8-10-13)16(18)23/h2-10,24H,1H3. The fourth-order valence-electron chi connectivity index (χ4n) is 2.14. The molecule has 0 bridgehead atoms. The minimum absolute atomic E-state index is 0.0880. The van der Waals surface area contributed by atoms with Gasteiger partial charge in [0.2, 0.25) is 5.88 Å². The number of rotatable bonds is 4. The van der Waals surface area contributed by atoms with Crippen LogP contribution in [0.15, 0.2) is 64.8 Å². The summed E-state index contributed by atoms with van der Waals surface area (Å²) in [6.07, 6.45) is 0. The van der Waals surface area contributed by atoms with Crippen LogP contribution in [0.5, 0.6) is 5.88 Å². The molecule has 0 atom stereocenters. The lowest BCUT2D eigenvalue weighted by atomic mass is 10.2. The van der Waals surface area contributed by atoms with Crippen LogP contribution in [-0.4, -0.2) is 20.1 Å². The quantitative estimate of drug-likeness (QED) is 0.553. The van der Waals surface area contributed by atoms with Gasteiger partial charge in [-0.25, -0.2) is 0 Å². The monoisotopic (exact) mass is 340 g/mol. The zero-order chi connectivity index (χ0) is 17.1. The van der Waals surface area contributed by atoms with Crippen molar-refractivity contribution in [2.24, 2.45) is 10.2 Å². The Labute approximate surface area is 143 Å². The first kappa shape index (κ1) is 15.9. The van der Waals surface area contributed by atoms with Gasteiger partial charge < -0.3 is 5.11 Å². The number of hydrogen-bond acceptors (Lipinski definition) is 5. The van der Waals surface area contributed by atoms with Gasteiger partial charge in [0.1, 0.15) is 0 Å². The molecule has 0 saturated heterocycles. The van der Waals surface area contributed by atoms with Gasteiger partial charge in [-0.3, -0.25) is 4.79 Å². The van der Waals surface area contributed by atoms with Gasteiger partial charge in [0, 0.05) is 5.56 Å². The molecular weight excluding hydrogens is 328 g/mol. The number of azo groups is 1. The number of aromatic nitrogens is 2. The zero-order valence-corrected chi connectivity index (χ0v) is 13.5. The van der Waals surface area contributed by atoms with E-state index in [1.807, 2.05) is 30.3 Å². The molecule has 120 valence electrons. The van der Waals surface area contributed by atoms with Gasteiger partial charge in [0.15, 0.2) is 5.69 Å². The molecule has 0 amide bonds. The van der Waals surface area contributed by atoms with Crippen LogP contribution in [0.4, 0.5) is 11.4 Å². The van der Waals surface area contributed by atoms with Crippen molar-refractivity contribution in [3.8, 4) is 11.6 Å². The molecule has 0 aliphatic heterocycles. The molecule has 0 aliphatic rings. The van der Waals surface area contributed by atoms with Gasteiger partial charge >= 0.3 is 0 Å². The first-order chi connectivity index (χ1) is 11.6. The third-order valence-corrected chi connectivity index (χ3v) is 3.58. The van der Waals surface area contributed by atoms with Crippen molar-refractivity contribution in [3.05, 3.63) is 65.9 Å². The van der Waals surface area contributed by atoms with Gasteiger partial charge in [0.05, 0.1) is 17.1 Å². The average molecular weight is 341 g/mol. The predicted molar refractivity (Wildman–Crippen MR) is 90.8 cm³/mol. The number of benzene rings is 2. The van der Waals surface area contributed by atoms with E-state index >= 15 is 0 Å². The molecule has 0 unspecified atom stereocenters. The summed E-state index contributed by atoms with van der Waals surface area (Å²) < 4.78 is 1.40. The van der Waals surface area contributed by atoms with Crippen molar-refractivity contribution in [1.29, 1.82) is 0 Å². The van der Waals surface area contributed by atoms with E-state index in [1.165, 1.54) is 4.68 Å². The molecule has 1 N–H and O–H groups in total. The normalized spacial score (nSPS) is 11.1. The Morgan fingerprint density at radius 3 is 2.38 bits per heavy atom. The van der Waals surface area contributed by atoms with Crippen LogP contribution in [-0.2, 0) is 0 Å². The van der Waals surface area contributed by atoms with Crippen molar-refractivity contribution in [1.82, 2.24) is 9.78 Å². The van der Waals surface area contributed by atoms with Gasteiger partial charge in [-0.15, -0.1) is 5.11 Å². The Morgan fingerprint density at radius 2 is 1.75 bits per heavy atom. The van der Waals surface area contributed by atoms with Crippen LogP contribution < -0.4 is 0 Å². The first-order valence-corrected chi connectivity index (χ1v) is 7.49. The van der Waals surface area contributed by atoms with E-state index < -0.39 is 5.24 Å². The number of carbonyl (C=O) groups is 1. The van der Waals surface area contributed by atoms with Gasteiger partial charge in [-0.2, -0.15) is 14.9 Å². The SMILES string of the molecule is Cc1nn(-c2ccccc2)c(O)c1N=Nc1ccc(C(=O)Cl)cc1. The van der Waals surface area contributed by atoms with E-state index in [-0.39, 0.29) is 11.6 Å². The highest BCUT2D eigenvalue weighted by atomic mass is 35.5. The van der Waals surface area contributed by atoms with Crippen LogP contribution in [0.2, 0.25) is 0 Å². The minimum Gasteiger partial charge on any atom is -0.492 e. The summed E-state index contributed by atoms with van der Waals surface area (Å²) in [4.78, 5) is 11.0. The second kappa shape index (κ2) is 6.64. The maximum Gasteiger partial charge on any atom is 0.252 e. The summed E-state index contributed by atoms with van der Waals surface area (Å²) in [5.41, 5.74) is 2.48. The molecule has 3 rings (SSSR count). The number of aromatic hydroxyl groups is 1.